The molecule has 60 valence electrons. The smallest absolute Gasteiger partial charge is 0.00115 e. The van der Waals surface area contributed by atoms with Crippen LogP contribution in [0.1, 0.15) is 33.6 Å². The van der Waals surface area contributed by atoms with Gasteiger partial charge < -0.3 is 5.32 Å². The van der Waals surface area contributed by atoms with Crippen molar-refractivity contribution in [2.45, 2.75) is 33.6 Å². The second-order valence-electron chi connectivity index (χ2n) is 2.20. The quantitative estimate of drug-likeness (QED) is 0.511. The van der Waals surface area contributed by atoms with E-state index in [0.717, 1.165) is 0 Å². The summed E-state index contributed by atoms with van der Waals surface area (Å²) in [5.41, 5.74) is 1.61. The second-order valence-corrected chi connectivity index (χ2v) is 2.20. The molecule has 1 heterocycles. The highest BCUT2D eigenvalue weighted by atomic mass is 14.9. The molecule has 1 N–H and O–H groups in total. The lowest BCUT2D eigenvalue weighted by Gasteiger charge is -2.13. The van der Waals surface area contributed by atoms with E-state index < -0.39 is 0 Å². The molecule has 0 aromatic heterocycles. The van der Waals surface area contributed by atoms with E-state index in [0.29, 0.717) is 0 Å². The van der Waals surface area contributed by atoms with E-state index in [1.54, 1.807) is 5.57 Å². The first-order chi connectivity index (χ1) is 4.93. The average molecular weight is 141 g/mol. The van der Waals surface area contributed by atoms with Crippen molar-refractivity contribution in [3.8, 4) is 0 Å². The van der Waals surface area contributed by atoms with Crippen LogP contribution in [0.25, 0.3) is 0 Å². The highest BCUT2D eigenvalue weighted by Gasteiger charge is 2.00. The Bertz CT molecular complexity index is 86.9. The molecule has 10 heavy (non-hydrogen) atoms. The third-order valence-electron chi connectivity index (χ3n) is 1.65. The van der Waals surface area contributed by atoms with Gasteiger partial charge in [0.25, 0.3) is 0 Å². The van der Waals surface area contributed by atoms with Crippen LogP contribution < -0.4 is 5.32 Å². The minimum absolute atomic E-state index is 1.18. The first-order valence-corrected chi connectivity index (χ1v) is 4.28. The van der Waals surface area contributed by atoms with Crippen LogP contribution in [0, 0.1) is 0 Å². The Labute approximate surface area is 64.5 Å². The lowest BCUT2D eigenvalue weighted by molar-refractivity contribution is 0.609. The molecule has 0 aromatic carbocycles. The number of allylic oxidation sites excluding steroid dienone is 1. The molecule has 1 nitrogen and oxygen atoms in total. The molecule has 0 aliphatic carbocycles. The molecule has 1 heteroatoms. The third-order valence-corrected chi connectivity index (χ3v) is 1.65. The molecule has 0 spiro atoms. The van der Waals surface area contributed by atoms with Gasteiger partial charge in [0.05, 0.1) is 0 Å². The predicted molar refractivity (Wildman–Crippen MR) is 47.2 cm³/mol. The zero-order chi connectivity index (χ0) is 7.82. The van der Waals surface area contributed by atoms with Gasteiger partial charge in [0.2, 0.25) is 0 Å². The largest absolute Gasteiger partial charge is 0.316 e. The molecule has 1 fully saturated rings. The first kappa shape index (κ1) is 9.70. The summed E-state index contributed by atoms with van der Waals surface area (Å²) >= 11 is 0. The van der Waals surface area contributed by atoms with Gasteiger partial charge in [0.15, 0.2) is 0 Å². The summed E-state index contributed by atoms with van der Waals surface area (Å²) in [4.78, 5) is 0. The molecule has 0 unspecified atom stereocenters. The van der Waals surface area contributed by atoms with Crippen LogP contribution in [0.4, 0.5) is 0 Å². The maximum absolute atomic E-state index is 3.31. The molecule has 1 aliphatic heterocycles. The summed E-state index contributed by atoms with van der Waals surface area (Å²) in [5.74, 6) is 0. The SMILES string of the molecule is CC.CC=C1CCNCC1. The lowest BCUT2D eigenvalue weighted by Crippen LogP contribution is -2.22. The highest BCUT2D eigenvalue weighted by molar-refractivity contribution is 5.03. The number of hydrogen-bond donors (Lipinski definition) is 1. The summed E-state index contributed by atoms with van der Waals surface area (Å²) < 4.78 is 0. The zero-order valence-corrected chi connectivity index (χ0v) is 7.41. The van der Waals surface area contributed by atoms with E-state index in [9.17, 15) is 0 Å². The van der Waals surface area contributed by atoms with Gasteiger partial charge in [-0.3, -0.25) is 0 Å². The first-order valence-electron chi connectivity index (χ1n) is 4.28. The molecular weight excluding hydrogens is 122 g/mol. The molecule has 0 bridgehead atoms. The van der Waals surface area contributed by atoms with Crippen LogP contribution in [-0.4, -0.2) is 13.1 Å². The number of hydrogen-bond acceptors (Lipinski definition) is 1. The fraction of sp³-hybridized carbons (Fsp3) is 0.778. The second kappa shape index (κ2) is 6.81. The molecule has 0 aromatic rings. The molecule has 1 rings (SSSR count). The third kappa shape index (κ3) is 3.67. The monoisotopic (exact) mass is 141 g/mol. The van der Waals surface area contributed by atoms with Gasteiger partial charge >= 0.3 is 0 Å². The van der Waals surface area contributed by atoms with Crippen molar-refractivity contribution >= 4 is 0 Å². The summed E-state index contributed by atoms with van der Waals surface area (Å²) in [5, 5.41) is 3.31. The van der Waals surface area contributed by atoms with Crippen LogP contribution in [0.2, 0.25) is 0 Å². The normalized spacial score (nSPS) is 17.3. The highest BCUT2D eigenvalue weighted by Crippen LogP contribution is 2.07. The van der Waals surface area contributed by atoms with E-state index in [1.165, 1.54) is 25.9 Å². The van der Waals surface area contributed by atoms with Crippen molar-refractivity contribution in [1.82, 2.24) is 5.32 Å². The maximum atomic E-state index is 3.31. The fourth-order valence-electron chi connectivity index (χ4n) is 1.04. The molecular formula is C9H19N. The number of nitrogens with one attached hydrogen (secondary N) is 1. The Morgan fingerprint density at radius 3 is 2.00 bits per heavy atom. The molecule has 1 saturated heterocycles. The number of piperidine rings is 1. The minimum atomic E-state index is 1.18. The van der Waals surface area contributed by atoms with Gasteiger partial charge in [-0.2, -0.15) is 0 Å². The Balaban J connectivity index is 0.000000371. The summed E-state index contributed by atoms with van der Waals surface area (Å²) in [7, 11) is 0. The van der Waals surface area contributed by atoms with Gasteiger partial charge in [-0.15, -0.1) is 0 Å². The van der Waals surface area contributed by atoms with Crippen LogP contribution in [0.3, 0.4) is 0 Å². The fourth-order valence-corrected chi connectivity index (χ4v) is 1.04. The topological polar surface area (TPSA) is 12.0 Å². The van der Waals surface area contributed by atoms with Crippen molar-refractivity contribution < 1.29 is 0 Å². The van der Waals surface area contributed by atoms with Gasteiger partial charge in [0, 0.05) is 0 Å². The van der Waals surface area contributed by atoms with E-state index in [2.05, 4.69) is 18.3 Å². The zero-order valence-electron chi connectivity index (χ0n) is 7.41. The standard InChI is InChI=1S/C7H13N.C2H6/c1-2-7-3-5-8-6-4-7;1-2/h2,8H,3-6H2,1H3;1-2H3. The van der Waals surface area contributed by atoms with Crippen molar-refractivity contribution in [1.29, 1.82) is 0 Å². The van der Waals surface area contributed by atoms with Gasteiger partial charge in [0.1, 0.15) is 0 Å². The summed E-state index contributed by atoms with van der Waals surface area (Å²) in [6.45, 7) is 8.49. The molecule has 0 radical (unpaired) electrons. The molecule has 0 amide bonds. The minimum Gasteiger partial charge on any atom is -0.316 e. The number of rotatable bonds is 0. The molecule has 0 atom stereocenters. The van der Waals surface area contributed by atoms with Crippen molar-refractivity contribution in [2.24, 2.45) is 0 Å². The Hall–Kier alpha value is -0.300. The van der Waals surface area contributed by atoms with Crippen LogP contribution >= 0.6 is 0 Å². The Morgan fingerprint density at radius 1 is 1.20 bits per heavy atom. The van der Waals surface area contributed by atoms with Crippen molar-refractivity contribution in [2.75, 3.05) is 13.1 Å². The average Bonchev–Trinajstić information content (AvgIpc) is 2.10. The van der Waals surface area contributed by atoms with Crippen LogP contribution in [-0.2, 0) is 0 Å². The van der Waals surface area contributed by atoms with Crippen LogP contribution in [0.15, 0.2) is 11.6 Å². The van der Waals surface area contributed by atoms with E-state index in [1.807, 2.05) is 13.8 Å². The summed E-state index contributed by atoms with van der Waals surface area (Å²) in [6, 6.07) is 0. The van der Waals surface area contributed by atoms with Gasteiger partial charge in [-0.05, 0) is 32.9 Å². The Kier molecular flexibility index (Phi) is 6.61. The van der Waals surface area contributed by atoms with Gasteiger partial charge in [-0.1, -0.05) is 25.5 Å². The molecule has 0 saturated carbocycles. The van der Waals surface area contributed by atoms with Crippen LogP contribution in [0.5, 0.6) is 0 Å². The maximum Gasteiger partial charge on any atom is -0.00115 e. The Morgan fingerprint density at radius 2 is 1.70 bits per heavy atom. The van der Waals surface area contributed by atoms with Gasteiger partial charge in [-0.25, -0.2) is 0 Å². The van der Waals surface area contributed by atoms with Crippen molar-refractivity contribution in [3.05, 3.63) is 11.6 Å². The van der Waals surface area contributed by atoms with Crippen molar-refractivity contribution in [3.63, 3.8) is 0 Å². The molecule has 1 aliphatic rings. The van der Waals surface area contributed by atoms with E-state index in [-0.39, 0.29) is 0 Å². The summed E-state index contributed by atoms with van der Waals surface area (Å²) in [6.07, 6.45) is 4.76. The predicted octanol–water partition coefficient (Wildman–Crippen LogP) is 2.34. The van der Waals surface area contributed by atoms with E-state index in [4.69, 9.17) is 0 Å². The lowest BCUT2D eigenvalue weighted by atomic mass is 10.1. The van der Waals surface area contributed by atoms with E-state index >= 15 is 0 Å².